The molecule has 2 fully saturated rings. The van der Waals surface area contributed by atoms with Crippen LogP contribution in [0.25, 0.3) is 0 Å². The van der Waals surface area contributed by atoms with E-state index in [1.165, 1.54) is 19.3 Å². The van der Waals surface area contributed by atoms with Crippen LogP contribution in [0.5, 0.6) is 0 Å². The van der Waals surface area contributed by atoms with E-state index >= 15 is 0 Å². The van der Waals surface area contributed by atoms with E-state index in [0.29, 0.717) is 32.1 Å². The number of rotatable bonds is 5. The summed E-state index contributed by atoms with van der Waals surface area (Å²) in [5, 5.41) is 0. The predicted octanol–water partition coefficient (Wildman–Crippen LogP) is 3.40. The zero-order valence-corrected chi connectivity index (χ0v) is 16.8. The van der Waals surface area contributed by atoms with Crippen molar-refractivity contribution in [3.8, 4) is 0 Å². The number of carbonyl (C=O) groups is 2. The summed E-state index contributed by atoms with van der Waals surface area (Å²) in [6.45, 7) is 8.79. The number of benzene rings is 1. The second kappa shape index (κ2) is 9.25. The van der Waals surface area contributed by atoms with Crippen molar-refractivity contribution < 1.29 is 9.59 Å². The molecule has 0 atom stereocenters. The van der Waals surface area contributed by atoms with E-state index in [9.17, 15) is 9.59 Å². The molecule has 5 heteroatoms. The normalized spacial score (nSPS) is 18.4. The molecule has 3 rings (SSSR count). The van der Waals surface area contributed by atoms with Crippen molar-refractivity contribution in [2.24, 2.45) is 5.92 Å². The fourth-order valence-electron chi connectivity index (χ4n) is 4.32. The van der Waals surface area contributed by atoms with Gasteiger partial charge in [0.2, 0.25) is 5.91 Å². The first-order valence-electron chi connectivity index (χ1n) is 10.6. The first-order chi connectivity index (χ1) is 13.1. The van der Waals surface area contributed by atoms with Crippen molar-refractivity contribution in [3.05, 3.63) is 29.8 Å². The van der Waals surface area contributed by atoms with E-state index in [-0.39, 0.29) is 11.8 Å². The van der Waals surface area contributed by atoms with Gasteiger partial charge in [0.25, 0.3) is 5.91 Å². The van der Waals surface area contributed by atoms with Crippen molar-refractivity contribution in [1.82, 2.24) is 9.80 Å². The second-order valence-electron chi connectivity index (χ2n) is 7.67. The highest BCUT2D eigenvalue weighted by Gasteiger charge is 2.29. The smallest absolute Gasteiger partial charge is 0.253 e. The van der Waals surface area contributed by atoms with Crippen LogP contribution < -0.4 is 4.90 Å². The van der Waals surface area contributed by atoms with Gasteiger partial charge in [0, 0.05) is 56.4 Å². The molecule has 148 valence electrons. The summed E-state index contributed by atoms with van der Waals surface area (Å²) >= 11 is 0. The fourth-order valence-corrected chi connectivity index (χ4v) is 4.32. The zero-order valence-electron chi connectivity index (χ0n) is 16.8. The Kier molecular flexibility index (Phi) is 6.75. The molecule has 1 aliphatic carbocycles. The van der Waals surface area contributed by atoms with Gasteiger partial charge in [-0.2, -0.15) is 0 Å². The lowest BCUT2D eigenvalue weighted by molar-refractivity contribution is -0.138. The molecule has 0 unspecified atom stereocenters. The lowest BCUT2D eigenvalue weighted by atomic mass is 9.88. The molecule has 1 saturated carbocycles. The number of piperazine rings is 1. The van der Waals surface area contributed by atoms with Gasteiger partial charge in [0.15, 0.2) is 0 Å². The third-order valence-corrected chi connectivity index (χ3v) is 6.08. The molecular weight excluding hydrogens is 338 g/mol. The minimum Gasteiger partial charge on any atom is -0.372 e. The van der Waals surface area contributed by atoms with Gasteiger partial charge in [0.1, 0.15) is 0 Å². The van der Waals surface area contributed by atoms with Crippen LogP contribution >= 0.6 is 0 Å². The van der Waals surface area contributed by atoms with Crippen LogP contribution in [0.2, 0.25) is 0 Å². The van der Waals surface area contributed by atoms with E-state index in [4.69, 9.17) is 0 Å². The monoisotopic (exact) mass is 371 g/mol. The van der Waals surface area contributed by atoms with E-state index in [0.717, 1.165) is 37.2 Å². The van der Waals surface area contributed by atoms with E-state index in [1.54, 1.807) is 0 Å². The van der Waals surface area contributed by atoms with Gasteiger partial charge in [-0.3, -0.25) is 9.59 Å². The van der Waals surface area contributed by atoms with Crippen molar-refractivity contribution in [3.63, 3.8) is 0 Å². The summed E-state index contributed by atoms with van der Waals surface area (Å²) in [7, 11) is 0. The third kappa shape index (κ3) is 4.63. The largest absolute Gasteiger partial charge is 0.372 e. The van der Waals surface area contributed by atoms with Gasteiger partial charge in [0.05, 0.1) is 0 Å². The Morgan fingerprint density at radius 3 is 2.00 bits per heavy atom. The molecule has 1 aromatic rings. The Hall–Kier alpha value is -2.04. The molecule has 2 amide bonds. The zero-order chi connectivity index (χ0) is 19.2. The molecule has 5 nitrogen and oxygen atoms in total. The Bertz CT molecular complexity index is 625. The van der Waals surface area contributed by atoms with Crippen LogP contribution in [0.4, 0.5) is 5.69 Å². The Labute approximate surface area is 163 Å². The molecule has 1 aromatic carbocycles. The van der Waals surface area contributed by atoms with Gasteiger partial charge in [-0.25, -0.2) is 0 Å². The Balaban J connectivity index is 1.54. The van der Waals surface area contributed by atoms with Gasteiger partial charge in [-0.1, -0.05) is 19.3 Å². The van der Waals surface area contributed by atoms with Crippen molar-refractivity contribution in [1.29, 1.82) is 0 Å². The highest BCUT2D eigenvalue weighted by molar-refractivity contribution is 5.94. The number of carbonyl (C=O) groups excluding carboxylic acids is 2. The molecule has 27 heavy (non-hydrogen) atoms. The Morgan fingerprint density at radius 2 is 1.44 bits per heavy atom. The molecule has 0 spiro atoms. The number of hydrogen-bond donors (Lipinski definition) is 0. The van der Waals surface area contributed by atoms with Crippen LogP contribution in [0.3, 0.4) is 0 Å². The minimum absolute atomic E-state index is 0.0749. The maximum atomic E-state index is 12.8. The second-order valence-corrected chi connectivity index (χ2v) is 7.67. The van der Waals surface area contributed by atoms with E-state index < -0.39 is 0 Å². The lowest BCUT2D eigenvalue weighted by Gasteiger charge is -2.37. The van der Waals surface area contributed by atoms with Gasteiger partial charge < -0.3 is 14.7 Å². The highest BCUT2D eigenvalue weighted by Crippen LogP contribution is 2.26. The average molecular weight is 372 g/mol. The first-order valence-corrected chi connectivity index (χ1v) is 10.6. The van der Waals surface area contributed by atoms with Gasteiger partial charge >= 0.3 is 0 Å². The van der Waals surface area contributed by atoms with Crippen LogP contribution in [0.15, 0.2) is 24.3 Å². The summed E-state index contributed by atoms with van der Waals surface area (Å²) in [5.74, 6) is 0.602. The molecule has 0 N–H and O–H groups in total. The number of amides is 2. The predicted molar refractivity (Wildman–Crippen MR) is 109 cm³/mol. The number of hydrogen-bond acceptors (Lipinski definition) is 3. The molecule has 2 aliphatic rings. The molecule has 1 saturated heterocycles. The third-order valence-electron chi connectivity index (χ3n) is 6.08. The number of anilines is 1. The van der Waals surface area contributed by atoms with E-state index in [2.05, 4.69) is 18.7 Å². The molecule has 0 aromatic heterocycles. The van der Waals surface area contributed by atoms with Gasteiger partial charge in [-0.15, -0.1) is 0 Å². The van der Waals surface area contributed by atoms with Crippen molar-refractivity contribution in [2.45, 2.75) is 46.0 Å². The maximum absolute atomic E-state index is 12.8. The summed E-state index contributed by atoms with van der Waals surface area (Å²) in [5.41, 5.74) is 1.89. The minimum atomic E-state index is 0.0749. The average Bonchev–Trinajstić information content (AvgIpc) is 2.75. The van der Waals surface area contributed by atoms with Crippen LogP contribution in [-0.2, 0) is 4.79 Å². The Morgan fingerprint density at radius 1 is 0.889 bits per heavy atom. The quantitative estimate of drug-likeness (QED) is 0.797. The fraction of sp³-hybridized carbons (Fsp3) is 0.636. The van der Waals surface area contributed by atoms with Crippen LogP contribution in [0.1, 0.15) is 56.3 Å². The molecule has 0 radical (unpaired) electrons. The molecule has 0 bridgehead atoms. The van der Waals surface area contributed by atoms with Crippen molar-refractivity contribution in [2.75, 3.05) is 44.2 Å². The maximum Gasteiger partial charge on any atom is 0.253 e. The topological polar surface area (TPSA) is 43.9 Å². The first kappa shape index (κ1) is 19.7. The molecule has 1 heterocycles. The summed E-state index contributed by atoms with van der Waals surface area (Å²) in [6, 6.07) is 7.91. The standard InChI is InChI=1S/C22H33N3O2/c1-3-23(4-2)20-12-10-19(11-13-20)22(27)25-16-14-24(15-17-25)21(26)18-8-6-5-7-9-18/h10-13,18H,3-9,14-17H2,1-2H3. The highest BCUT2D eigenvalue weighted by atomic mass is 16.2. The molecule has 1 aliphatic heterocycles. The summed E-state index contributed by atoms with van der Waals surface area (Å²) < 4.78 is 0. The van der Waals surface area contributed by atoms with Crippen LogP contribution in [0, 0.1) is 5.92 Å². The van der Waals surface area contributed by atoms with E-state index in [1.807, 2.05) is 34.1 Å². The van der Waals surface area contributed by atoms with Gasteiger partial charge in [-0.05, 0) is 51.0 Å². The summed E-state index contributed by atoms with van der Waals surface area (Å²) in [6.07, 6.45) is 5.70. The SMILES string of the molecule is CCN(CC)c1ccc(C(=O)N2CCN(C(=O)C3CCCCC3)CC2)cc1. The molecular formula is C22H33N3O2. The lowest BCUT2D eigenvalue weighted by Crippen LogP contribution is -2.52. The number of nitrogens with zero attached hydrogens (tertiary/aromatic N) is 3. The van der Waals surface area contributed by atoms with Crippen molar-refractivity contribution >= 4 is 17.5 Å². The van der Waals surface area contributed by atoms with Crippen LogP contribution in [-0.4, -0.2) is 60.9 Å². The summed E-state index contributed by atoms with van der Waals surface area (Å²) in [4.78, 5) is 31.6.